The monoisotopic (exact) mass is 240 g/mol. The topological polar surface area (TPSA) is 66.0 Å². The van der Waals surface area contributed by atoms with E-state index in [4.69, 9.17) is 5.11 Å². The molecule has 0 unspecified atom stereocenters. The first-order valence-corrected chi connectivity index (χ1v) is 4.34. The molecule has 0 atom stereocenters. The normalized spacial score (nSPS) is 10.5. The summed E-state index contributed by atoms with van der Waals surface area (Å²) in [6, 6.07) is 1.78. The van der Waals surface area contributed by atoms with E-state index in [1.807, 2.05) is 0 Å². The third-order valence-corrected chi connectivity index (χ3v) is 2.37. The van der Waals surface area contributed by atoms with Gasteiger partial charge in [-0.15, -0.1) is 0 Å². The Morgan fingerprint density at radius 3 is 3.08 bits per heavy atom. The predicted octanol–water partition coefficient (Wildman–Crippen LogP) is 2.02. The maximum absolute atomic E-state index is 10.8. The second kappa shape index (κ2) is 2.85. The SMILES string of the molecule is O=C(O)c1c(Br)ncc2cc[nH]c12. The Balaban J connectivity index is 2.88. The van der Waals surface area contributed by atoms with Crippen molar-refractivity contribution in [2.24, 2.45) is 0 Å². The standard InChI is InChI=1S/C8H5BrN2O2/c9-7-5(8(12)13)6-4(3-11-7)1-2-10-6/h1-3,10H,(H,12,13). The molecule has 0 aliphatic rings. The Kier molecular flexibility index (Phi) is 1.81. The largest absolute Gasteiger partial charge is 0.478 e. The molecular weight excluding hydrogens is 236 g/mol. The molecule has 0 amide bonds. The third-order valence-electron chi connectivity index (χ3n) is 1.77. The Bertz CT molecular complexity index is 478. The summed E-state index contributed by atoms with van der Waals surface area (Å²) in [5.74, 6) is -0.993. The molecule has 4 nitrogen and oxygen atoms in total. The molecule has 66 valence electrons. The van der Waals surface area contributed by atoms with E-state index in [0.29, 0.717) is 10.1 Å². The van der Waals surface area contributed by atoms with E-state index in [9.17, 15) is 4.79 Å². The Hall–Kier alpha value is -1.36. The number of fused-ring (bicyclic) bond motifs is 1. The summed E-state index contributed by atoms with van der Waals surface area (Å²) in [4.78, 5) is 17.6. The van der Waals surface area contributed by atoms with Gasteiger partial charge in [-0.05, 0) is 22.0 Å². The van der Waals surface area contributed by atoms with Crippen molar-refractivity contribution in [3.05, 3.63) is 28.6 Å². The highest BCUT2D eigenvalue weighted by Gasteiger charge is 2.14. The zero-order valence-electron chi connectivity index (χ0n) is 6.41. The fraction of sp³-hybridized carbons (Fsp3) is 0. The molecule has 0 radical (unpaired) electrons. The van der Waals surface area contributed by atoms with Crippen molar-refractivity contribution < 1.29 is 9.90 Å². The molecule has 13 heavy (non-hydrogen) atoms. The Labute approximate surface area is 81.7 Å². The lowest BCUT2D eigenvalue weighted by Crippen LogP contribution is -2.00. The number of nitrogens with zero attached hydrogens (tertiary/aromatic N) is 1. The van der Waals surface area contributed by atoms with Gasteiger partial charge in [0, 0.05) is 17.8 Å². The molecule has 0 aliphatic carbocycles. The fourth-order valence-corrected chi connectivity index (χ4v) is 1.66. The summed E-state index contributed by atoms with van der Waals surface area (Å²) >= 11 is 3.09. The first-order chi connectivity index (χ1) is 6.20. The minimum absolute atomic E-state index is 0.169. The number of aromatic carboxylic acids is 1. The summed E-state index contributed by atoms with van der Waals surface area (Å²) in [6.45, 7) is 0. The van der Waals surface area contributed by atoms with Crippen LogP contribution >= 0.6 is 15.9 Å². The average Bonchev–Trinajstić information content (AvgIpc) is 2.50. The summed E-state index contributed by atoms with van der Waals surface area (Å²) in [7, 11) is 0. The van der Waals surface area contributed by atoms with E-state index in [2.05, 4.69) is 25.9 Å². The molecule has 2 N–H and O–H groups in total. The fourth-order valence-electron chi connectivity index (χ4n) is 1.19. The molecule has 0 fully saturated rings. The van der Waals surface area contributed by atoms with Gasteiger partial charge in [-0.1, -0.05) is 0 Å². The van der Waals surface area contributed by atoms with Gasteiger partial charge in [-0.25, -0.2) is 9.78 Å². The number of carbonyl (C=O) groups is 1. The average molecular weight is 241 g/mol. The van der Waals surface area contributed by atoms with Gasteiger partial charge in [0.15, 0.2) is 0 Å². The van der Waals surface area contributed by atoms with Crippen LogP contribution in [0.3, 0.4) is 0 Å². The van der Waals surface area contributed by atoms with E-state index in [1.165, 1.54) is 0 Å². The molecule has 5 heteroatoms. The number of aromatic nitrogens is 2. The van der Waals surface area contributed by atoms with Crippen LogP contribution in [-0.2, 0) is 0 Å². The molecule has 0 aliphatic heterocycles. The predicted molar refractivity (Wildman–Crippen MR) is 50.8 cm³/mol. The van der Waals surface area contributed by atoms with Crippen LogP contribution in [0.2, 0.25) is 0 Å². The van der Waals surface area contributed by atoms with Crippen LogP contribution in [0.5, 0.6) is 0 Å². The summed E-state index contributed by atoms with van der Waals surface area (Å²) in [5, 5.41) is 9.68. The number of aromatic amines is 1. The number of hydrogen-bond donors (Lipinski definition) is 2. The maximum Gasteiger partial charge on any atom is 0.340 e. The number of hydrogen-bond acceptors (Lipinski definition) is 2. The highest BCUT2D eigenvalue weighted by Crippen LogP contribution is 2.22. The van der Waals surface area contributed by atoms with Crippen molar-refractivity contribution in [3.63, 3.8) is 0 Å². The molecular formula is C8H5BrN2O2. The quantitative estimate of drug-likeness (QED) is 0.750. The first-order valence-electron chi connectivity index (χ1n) is 3.55. The van der Waals surface area contributed by atoms with Crippen molar-refractivity contribution in [1.82, 2.24) is 9.97 Å². The number of rotatable bonds is 1. The van der Waals surface area contributed by atoms with Crippen molar-refractivity contribution in [2.75, 3.05) is 0 Å². The van der Waals surface area contributed by atoms with Gasteiger partial charge in [-0.2, -0.15) is 0 Å². The molecule has 0 bridgehead atoms. The second-order valence-electron chi connectivity index (χ2n) is 2.54. The molecule has 2 heterocycles. The van der Waals surface area contributed by atoms with E-state index in [-0.39, 0.29) is 5.56 Å². The van der Waals surface area contributed by atoms with Crippen LogP contribution in [-0.4, -0.2) is 21.0 Å². The molecule has 2 aromatic heterocycles. The number of carboxylic acids is 1. The third kappa shape index (κ3) is 1.21. The lowest BCUT2D eigenvalue weighted by molar-refractivity contribution is 0.0697. The van der Waals surface area contributed by atoms with Gasteiger partial charge in [0.1, 0.15) is 10.2 Å². The minimum Gasteiger partial charge on any atom is -0.478 e. The molecule has 0 aromatic carbocycles. The molecule has 2 rings (SSSR count). The van der Waals surface area contributed by atoms with E-state index < -0.39 is 5.97 Å². The van der Waals surface area contributed by atoms with Crippen LogP contribution in [0.1, 0.15) is 10.4 Å². The van der Waals surface area contributed by atoms with Crippen LogP contribution < -0.4 is 0 Å². The number of halogens is 1. The zero-order valence-corrected chi connectivity index (χ0v) is 8.00. The van der Waals surface area contributed by atoms with E-state index >= 15 is 0 Å². The summed E-state index contributed by atoms with van der Waals surface area (Å²) in [5.41, 5.74) is 0.761. The lowest BCUT2D eigenvalue weighted by Gasteiger charge is -1.98. The Morgan fingerprint density at radius 1 is 1.62 bits per heavy atom. The van der Waals surface area contributed by atoms with Crippen LogP contribution in [0.25, 0.3) is 10.9 Å². The molecule has 0 spiro atoms. The van der Waals surface area contributed by atoms with Crippen LogP contribution in [0.15, 0.2) is 23.1 Å². The van der Waals surface area contributed by atoms with Gasteiger partial charge in [0.05, 0.1) is 5.52 Å². The number of pyridine rings is 1. The summed E-state index contributed by atoms with van der Waals surface area (Å²) in [6.07, 6.45) is 3.30. The van der Waals surface area contributed by atoms with Gasteiger partial charge in [0.25, 0.3) is 0 Å². The van der Waals surface area contributed by atoms with Crippen LogP contribution in [0.4, 0.5) is 0 Å². The van der Waals surface area contributed by atoms with Gasteiger partial charge in [-0.3, -0.25) is 0 Å². The highest BCUT2D eigenvalue weighted by molar-refractivity contribution is 9.10. The van der Waals surface area contributed by atoms with Crippen LogP contribution in [0, 0.1) is 0 Å². The smallest absolute Gasteiger partial charge is 0.340 e. The second-order valence-corrected chi connectivity index (χ2v) is 3.29. The number of carboxylic acid groups (broad SMARTS) is 1. The van der Waals surface area contributed by atoms with Gasteiger partial charge < -0.3 is 10.1 Å². The molecule has 0 saturated carbocycles. The number of nitrogens with one attached hydrogen (secondary N) is 1. The van der Waals surface area contributed by atoms with Gasteiger partial charge in [0.2, 0.25) is 0 Å². The van der Waals surface area contributed by atoms with E-state index in [0.717, 1.165) is 5.39 Å². The molecule has 2 aromatic rings. The maximum atomic E-state index is 10.8. The molecule has 0 saturated heterocycles. The number of H-pyrrole nitrogens is 1. The summed E-state index contributed by atoms with van der Waals surface area (Å²) < 4.78 is 0.343. The van der Waals surface area contributed by atoms with Gasteiger partial charge >= 0.3 is 5.97 Å². The minimum atomic E-state index is -0.993. The lowest BCUT2D eigenvalue weighted by atomic mass is 10.2. The van der Waals surface area contributed by atoms with E-state index in [1.54, 1.807) is 18.5 Å². The van der Waals surface area contributed by atoms with Crippen molar-refractivity contribution >= 4 is 32.8 Å². The Morgan fingerprint density at radius 2 is 2.38 bits per heavy atom. The highest BCUT2D eigenvalue weighted by atomic mass is 79.9. The zero-order chi connectivity index (χ0) is 9.42. The van der Waals surface area contributed by atoms with Crippen molar-refractivity contribution in [1.29, 1.82) is 0 Å². The van der Waals surface area contributed by atoms with Crippen molar-refractivity contribution in [3.8, 4) is 0 Å². The van der Waals surface area contributed by atoms with Crippen molar-refractivity contribution in [2.45, 2.75) is 0 Å². The first kappa shape index (κ1) is 8.25.